The molecule has 1 aliphatic rings. The Kier molecular flexibility index (Phi) is 4.48. The van der Waals surface area contributed by atoms with Crippen LogP contribution >= 0.6 is 0 Å². The number of amides is 1. The number of aryl methyl sites for hydroxylation is 1. The number of β-amino-alcohol motifs (C(OH)–C–C–N with tert-alkyl or cyclic N) is 1. The van der Waals surface area contributed by atoms with E-state index in [0.29, 0.717) is 24.5 Å². The number of carbonyl (C=O) groups excluding carboxylic acids is 1. The van der Waals surface area contributed by atoms with Crippen molar-refractivity contribution in [2.45, 2.75) is 18.4 Å². The highest BCUT2D eigenvalue weighted by Crippen LogP contribution is 2.24. The molecule has 2 N–H and O–H groups in total. The summed E-state index contributed by atoms with van der Waals surface area (Å²) in [4.78, 5) is 18.0. The number of pyridine rings is 1. The van der Waals surface area contributed by atoms with Gasteiger partial charge in [0.25, 0.3) is 5.91 Å². The van der Waals surface area contributed by atoms with Crippen molar-refractivity contribution in [1.82, 2.24) is 20.1 Å². The molecule has 7 nitrogen and oxygen atoms in total. The molecule has 0 aliphatic carbocycles. The molecule has 3 rings (SSSR count). The van der Waals surface area contributed by atoms with Gasteiger partial charge in [-0.25, -0.2) is 9.37 Å². The van der Waals surface area contributed by atoms with Crippen LogP contribution in [0.25, 0.3) is 0 Å². The minimum absolute atomic E-state index is 0.125. The van der Waals surface area contributed by atoms with Crippen molar-refractivity contribution in [2.75, 3.05) is 24.5 Å². The number of halogens is 1. The summed E-state index contributed by atoms with van der Waals surface area (Å²) in [5, 5.41) is 17.5. The lowest BCUT2D eigenvalue weighted by Gasteiger charge is -2.39. The summed E-state index contributed by atoms with van der Waals surface area (Å²) in [5.41, 5.74) is -0.743. The molecule has 1 atom stereocenters. The molecule has 0 bridgehead atoms. The molecule has 2 aromatic rings. The first-order valence-electron chi connectivity index (χ1n) is 7.82. The summed E-state index contributed by atoms with van der Waals surface area (Å²) in [6.07, 6.45) is 4.18. The molecule has 0 saturated carbocycles. The van der Waals surface area contributed by atoms with Crippen molar-refractivity contribution < 1.29 is 14.3 Å². The molecule has 1 aliphatic heterocycles. The van der Waals surface area contributed by atoms with Crippen molar-refractivity contribution >= 4 is 11.7 Å². The van der Waals surface area contributed by atoms with Gasteiger partial charge in [-0.15, -0.1) is 0 Å². The zero-order chi connectivity index (χ0) is 17.2. The van der Waals surface area contributed by atoms with Crippen molar-refractivity contribution in [3.8, 4) is 0 Å². The molecule has 1 fully saturated rings. The molecular formula is C16H20FN5O2. The number of rotatable bonds is 4. The first-order chi connectivity index (χ1) is 11.5. The minimum Gasteiger partial charge on any atom is -0.386 e. The Labute approximate surface area is 139 Å². The Morgan fingerprint density at radius 1 is 1.46 bits per heavy atom. The lowest BCUT2D eigenvalue weighted by molar-refractivity contribution is 0.0253. The lowest BCUT2D eigenvalue weighted by atomic mass is 9.92. The standard InChI is InChI=1S/C16H20FN5O2/c1-21-8-5-13(20-21)15(23)19-10-16(24)6-2-7-22(11-16)14-4-3-12(17)9-18-14/h3-5,8-9,24H,2,6-7,10-11H2,1H3,(H,19,23). The molecule has 128 valence electrons. The van der Waals surface area contributed by atoms with Crippen molar-refractivity contribution in [3.05, 3.63) is 42.1 Å². The highest BCUT2D eigenvalue weighted by atomic mass is 19.1. The number of aromatic nitrogens is 3. The molecule has 0 spiro atoms. The van der Waals surface area contributed by atoms with Crippen LogP contribution < -0.4 is 10.2 Å². The SMILES string of the molecule is Cn1ccc(C(=O)NCC2(O)CCCN(c3ccc(F)cn3)C2)n1. The minimum atomic E-state index is -1.06. The summed E-state index contributed by atoms with van der Waals surface area (Å²) in [5.74, 6) is -0.0970. The van der Waals surface area contributed by atoms with E-state index in [2.05, 4.69) is 15.4 Å². The number of anilines is 1. The van der Waals surface area contributed by atoms with Crippen LogP contribution in [0.1, 0.15) is 23.3 Å². The van der Waals surface area contributed by atoms with Gasteiger partial charge in [0.2, 0.25) is 0 Å². The van der Waals surface area contributed by atoms with Gasteiger partial charge in [-0.05, 0) is 31.0 Å². The second-order valence-corrected chi connectivity index (χ2v) is 6.14. The van der Waals surface area contributed by atoms with Crippen LogP contribution in [0.2, 0.25) is 0 Å². The average molecular weight is 333 g/mol. The van der Waals surface area contributed by atoms with Gasteiger partial charge in [0.15, 0.2) is 0 Å². The molecule has 1 unspecified atom stereocenters. The number of hydrogen-bond donors (Lipinski definition) is 2. The Morgan fingerprint density at radius 2 is 2.29 bits per heavy atom. The predicted octanol–water partition coefficient (Wildman–Crippen LogP) is 0.715. The van der Waals surface area contributed by atoms with Crippen LogP contribution in [0.15, 0.2) is 30.6 Å². The summed E-state index contributed by atoms with van der Waals surface area (Å²) in [7, 11) is 1.74. The third-order valence-corrected chi connectivity index (χ3v) is 4.12. The van der Waals surface area contributed by atoms with E-state index in [1.54, 1.807) is 30.1 Å². The smallest absolute Gasteiger partial charge is 0.271 e. The number of nitrogens with one attached hydrogen (secondary N) is 1. The molecule has 3 heterocycles. The van der Waals surface area contributed by atoms with Gasteiger partial charge in [-0.1, -0.05) is 0 Å². The fourth-order valence-electron chi connectivity index (χ4n) is 2.88. The van der Waals surface area contributed by atoms with Crippen LogP contribution in [0.3, 0.4) is 0 Å². The maximum atomic E-state index is 13.0. The van der Waals surface area contributed by atoms with Gasteiger partial charge < -0.3 is 15.3 Å². The molecule has 8 heteroatoms. The highest BCUT2D eigenvalue weighted by molar-refractivity contribution is 5.92. The number of piperidine rings is 1. The lowest BCUT2D eigenvalue weighted by Crippen LogP contribution is -2.54. The third kappa shape index (κ3) is 3.70. The molecule has 0 aromatic carbocycles. The number of hydrogen-bond acceptors (Lipinski definition) is 5. The molecule has 1 saturated heterocycles. The third-order valence-electron chi connectivity index (χ3n) is 4.12. The average Bonchev–Trinajstić information content (AvgIpc) is 3.00. The maximum absolute atomic E-state index is 13.0. The van der Waals surface area contributed by atoms with Crippen LogP contribution in [0, 0.1) is 5.82 Å². The van der Waals surface area contributed by atoms with Gasteiger partial charge in [0.05, 0.1) is 11.8 Å². The van der Waals surface area contributed by atoms with Crippen molar-refractivity contribution in [2.24, 2.45) is 7.05 Å². The zero-order valence-electron chi connectivity index (χ0n) is 13.4. The molecule has 1 amide bonds. The first-order valence-corrected chi connectivity index (χ1v) is 7.82. The van der Waals surface area contributed by atoms with Crippen LogP contribution in [-0.2, 0) is 7.05 Å². The Morgan fingerprint density at radius 3 is 2.96 bits per heavy atom. The molecule has 0 radical (unpaired) electrons. The van der Waals surface area contributed by atoms with Crippen LogP contribution in [-0.4, -0.2) is 51.0 Å². The first kappa shape index (κ1) is 16.4. The van der Waals surface area contributed by atoms with E-state index in [1.807, 2.05) is 4.90 Å². The monoisotopic (exact) mass is 333 g/mol. The summed E-state index contributed by atoms with van der Waals surface area (Å²) in [6, 6.07) is 4.56. The normalized spacial score (nSPS) is 20.9. The van der Waals surface area contributed by atoms with Crippen LogP contribution in [0.5, 0.6) is 0 Å². The highest BCUT2D eigenvalue weighted by Gasteiger charge is 2.34. The Balaban J connectivity index is 1.62. The topological polar surface area (TPSA) is 83.3 Å². The van der Waals surface area contributed by atoms with E-state index in [4.69, 9.17) is 0 Å². The molecule has 24 heavy (non-hydrogen) atoms. The van der Waals surface area contributed by atoms with Crippen LogP contribution in [0.4, 0.5) is 10.2 Å². The summed E-state index contributed by atoms with van der Waals surface area (Å²) < 4.78 is 14.5. The number of nitrogens with zero attached hydrogens (tertiary/aromatic N) is 4. The summed E-state index contributed by atoms with van der Waals surface area (Å²) in [6.45, 7) is 1.18. The Bertz CT molecular complexity index is 718. The largest absolute Gasteiger partial charge is 0.386 e. The van der Waals surface area contributed by atoms with E-state index in [9.17, 15) is 14.3 Å². The molecular weight excluding hydrogens is 313 g/mol. The van der Waals surface area contributed by atoms with Crippen molar-refractivity contribution in [1.29, 1.82) is 0 Å². The Hall–Kier alpha value is -2.48. The van der Waals surface area contributed by atoms with Gasteiger partial charge >= 0.3 is 0 Å². The van der Waals surface area contributed by atoms with Gasteiger partial charge in [0, 0.05) is 32.9 Å². The zero-order valence-corrected chi connectivity index (χ0v) is 13.4. The van der Waals surface area contributed by atoms with E-state index in [-0.39, 0.29) is 12.5 Å². The van der Waals surface area contributed by atoms with Gasteiger partial charge in [0.1, 0.15) is 17.3 Å². The number of carbonyl (C=O) groups is 1. The number of aliphatic hydroxyl groups is 1. The predicted molar refractivity (Wildman–Crippen MR) is 86.1 cm³/mol. The summed E-state index contributed by atoms with van der Waals surface area (Å²) >= 11 is 0. The molecule has 2 aromatic heterocycles. The van der Waals surface area contributed by atoms with Gasteiger partial charge in [-0.2, -0.15) is 5.10 Å². The van der Waals surface area contributed by atoms with E-state index in [0.717, 1.165) is 19.2 Å². The van der Waals surface area contributed by atoms with E-state index >= 15 is 0 Å². The second-order valence-electron chi connectivity index (χ2n) is 6.14. The van der Waals surface area contributed by atoms with E-state index < -0.39 is 11.4 Å². The maximum Gasteiger partial charge on any atom is 0.271 e. The fourth-order valence-corrected chi connectivity index (χ4v) is 2.88. The van der Waals surface area contributed by atoms with Crippen molar-refractivity contribution in [3.63, 3.8) is 0 Å². The van der Waals surface area contributed by atoms with Gasteiger partial charge in [-0.3, -0.25) is 9.48 Å². The second kappa shape index (κ2) is 6.56. The van der Waals surface area contributed by atoms with E-state index in [1.165, 1.54) is 6.07 Å². The fraction of sp³-hybridized carbons (Fsp3) is 0.438. The quantitative estimate of drug-likeness (QED) is 0.861.